The summed E-state index contributed by atoms with van der Waals surface area (Å²) in [5.41, 5.74) is 0. The maximum atomic E-state index is 11.6. The Hall–Kier alpha value is 0.860. The van der Waals surface area contributed by atoms with Crippen molar-refractivity contribution in [2.45, 2.75) is 71.3 Å². The van der Waals surface area contributed by atoms with Crippen LogP contribution in [0.25, 0.3) is 0 Å². The minimum absolute atomic E-state index is 0. The van der Waals surface area contributed by atoms with Gasteiger partial charge in [-0.25, -0.2) is 0 Å². The molecule has 0 saturated carbocycles. The van der Waals surface area contributed by atoms with E-state index in [1.165, 1.54) is 19.3 Å². The number of amides is 1. The molecule has 1 amide bonds. The second-order valence-electron chi connectivity index (χ2n) is 5.73. The van der Waals surface area contributed by atoms with Crippen molar-refractivity contribution in [2.24, 2.45) is 0 Å². The Bertz CT molecular complexity index is 321. The normalized spacial score (nSPS) is 11.0. The van der Waals surface area contributed by atoms with E-state index in [0.717, 1.165) is 12.8 Å². The monoisotopic (exact) mass is 378 g/mol. The van der Waals surface area contributed by atoms with Gasteiger partial charge in [0.05, 0.1) is 6.10 Å². The molecular formula is C17H36N2Na2O4. The van der Waals surface area contributed by atoms with Crippen molar-refractivity contribution in [3.63, 3.8) is 0 Å². The number of unbranched alkanes of at least 4 members (excludes halogenated alkanes) is 4. The molecule has 0 spiro atoms. The third kappa shape index (κ3) is 22.8. The van der Waals surface area contributed by atoms with Gasteiger partial charge in [-0.1, -0.05) is 39.5 Å². The Morgan fingerprint density at radius 3 is 2.36 bits per heavy atom. The Morgan fingerprint density at radius 1 is 1.04 bits per heavy atom. The molecule has 0 aliphatic heterocycles. The van der Waals surface area contributed by atoms with E-state index in [1.54, 1.807) is 6.92 Å². The second-order valence-corrected chi connectivity index (χ2v) is 5.73. The first kappa shape index (κ1) is 30.6. The van der Waals surface area contributed by atoms with Gasteiger partial charge in [-0.05, 0) is 12.8 Å². The summed E-state index contributed by atoms with van der Waals surface area (Å²) >= 11 is 0. The molecule has 1 atom stereocenters. The molecule has 140 valence electrons. The van der Waals surface area contributed by atoms with Crippen molar-refractivity contribution in [3.8, 4) is 0 Å². The zero-order valence-corrected chi connectivity index (χ0v) is 14.7. The molecule has 25 heavy (non-hydrogen) atoms. The maximum absolute atomic E-state index is 11.6. The Labute approximate surface area is 197 Å². The summed E-state index contributed by atoms with van der Waals surface area (Å²) < 4.78 is 4.91. The van der Waals surface area contributed by atoms with Crippen LogP contribution >= 0.6 is 0 Å². The fourth-order valence-corrected chi connectivity index (χ4v) is 2.07. The number of carbonyl (C=O) groups is 2. The summed E-state index contributed by atoms with van der Waals surface area (Å²) in [4.78, 5) is 22.5. The molecule has 0 bridgehead atoms. The standard InChI is InChI=1S/C17H34N2O4.2Na.2H/c1-3-5-6-7-8-9-16(21)19-11-10-15(20)14-18-12-13-23-17(22)4-2;;;;/h15,18,20H,3-14H2,1-2H3,(H,19,21);;;;. The van der Waals surface area contributed by atoms with E-state index in [-0.39, 0.29) is 71.0 Å². The predicted octanol–water partition coefficient (Wildman–Crippen LogP) is 0.460. The zero-order chi connectivity index (χ0) is 17.3. The number of ether oxygens (including phenoxy) is 1. The van der Waals surface area contributed by atoms with Crippen LogP contribution in [0, 0.1) is 0 Å². The second kappa shape index (κ2) is 22.9. The van der Waals surface area contributed by atoms with E-state index in [0.29, 0.717) is 45.5 Å². The molecule has 6 nitrogen and oxygen atoms in total. The van der Waals surface area contributed by atoms with Crippen molar-refractivity contribution in [3.05, 3.63) is 0 Å². The SMILES string of the molecule is CCCCCCCC(=O)NCCC(O)CNCCOC(=O)CC.[NaH].[NaH]. The van der Waals surface area contributed by atoms with Crippen LogP contribution < -0.4 is 10.6 Å². The molecule has 0 aromatic carbocycles. The first-order valence-corrected chi connectivity index (χ1v) is 8.91. The Balaban J connectivity index is -0.00000242. The number of aliphatic hydroxyl groups is 1. The Morgan fingerprint density at radius 2 is 1.72 bits per heavy atom. The average molecular weight is 378 g/mol. The number of esters is 1. The molecule has 0 heterocycles. The summed E-state index contributed by atoms with van der Waals surface area (Å²) in [5, 5.41) is 15.6. The molecular weight excluding hydrogens is 342 g/mol. The third-order valence-electron chi connectivity index (χ3n) is 3.52. The molecule has 0 aliphatic rings. The quantitative estimate of drug-likeness (QED) is 0.219. The van der Waals surface area contributed by atoms with E-state index in [9.17, 15) is 14.7 Å². The van der Waals surface area contributed by atoms with Gasteiger partial charge in [0.1, 0.15) is 6.61 Å². The zero-order valence-electron chi connectivity index (χ0n) is 14.7. The van der Waals surface area contributed by atoms with Crippen molar-refractivity contribution in [1.29, 1.82) is 0 Å². The molecule has 0 saturated heterocycles. The van der Waals surface area contributed by atoms with Gasteiger partial charge in [-0.3, -0.25) is 9.59 Å². The molecule has 0 rings (SSSR count). The minimum atomic E-state index is -0.512. The summed E-state index contributed by atoms with van der Waals surface area (Å²) in [6.07, 6.45) is 6.63. The predicted molar refractivity (Wildman–Crippen MR) is 105 cm³/mol. The number of hydrogen-bond acceptors (Lipinski definition) is 5. The topological polar surface area (TPSA) is 87.7 Å². The van der Waals surface area contributed by atoms with Gasteiger partial charge in [0.15, 0.2) is 0 Å². The summed E-state index contributed by atoms with van der Waals surface area (Å²) in [6.45, 7) is 5.67. The molecule has 3 N–H and O–H groups in total. The number of rotatable bonds is 15. The van der Waals surface area contributed by atoms with Crippen LogP contribution in [0.3, 0.4) is 0 Å². The van der Waals surface area contributed by atoms with E-state index in [2.05, 4.69) is 17.6 Å². The molecule has 0 radical (unpaired) electrons. The van der Waals surface area contributed by atoms with Crippen LogP contribution in [0.5, 0.6) is 0 Å². The van der Waals surface area contributed by atoms with Gasteiger partial charge < -0.3 is 20.5 Å². The first-order chi connectivity index (χ1) is 11.1. The van der Waals surface area contributed by atoms with E-state index in [4.69, 9.17) is 4.74 Å². The fraction of sp³-hybridized carbons (Fsp3) is 0.882. The van der Waals surface area contributed by atoms with Crippen LogP contribution in [0.4, 0.5) is 0 Å². The van der Waals surface area contributed by atoms with Crippen LogP contribution in [0.15, 0.2) is 0 Å². The van der Waals surface area contributed by atoms with Crippen LogP contribution in [0.2, 0.25) is 0 Å². The van der Waals surface area contributed by atoms with Crippen molar-refractivity contribution in [2.75, 3.05) is 26.2 Å². The number of aliphatic hydroxyl groups excluding tert-OH is 1. The summed E-state index contributed by atoms with van der Waals surface area (Å²) in [6, 6.07) is 0. The molecule has 0 aromatic heterocycles. The van der Waals surface area contributed by atoms with Crippen LogP contribution in [-0.2, 0) is 14.3 Å². The van der Waals surface area contributed by atoms with Crippen molar-refractivity contribution in [1.82, 2.24) is 10.6 Å². The Kier molecular flexibility index (Phi) is 28.0. The molecule has 0 fully saturated rings. The van der Waals surface area contributed by atoms with Crippen molar-refractivity contribution >= 4 is 71.0 Å². The third-order valence-corrected chi connectivity index (χ3v) is 3.52. The fourth-order valence-electron chi connectivity index (χ4n) is 2.07. The van der Waals surface area contributed by atoms with E-state index < -0.39 is 6.10 Å². The van der Waals surface area contributed by atoms with Crippen molar-refractivity contribution < 1.29 is 19.4 Å². The number of nitrogens with one attached hydrogen (secondary N) is 2. The van der Waals surface area contributed by atoms with Crippen LogP contribution in [0.1, 0.15) is 65.2 Å². The molecule has 8 heteroatoms. The van der Waals surface area contributed by atoms with Crippen LogP contribution in [-0.4, -0.2) is 108 Å². The molecule has 1 unspecified atom stereocenters. The van der Waals surface area contributed by atoms with E-state index in [1.807, 2.05) is 0 Å². The van der Waals surface area contributed by atoms with Gasteiger partial charge in [-0.2, -0.15) is 0 Å². The number of hydrogen-bond donors (Lipinski definition) is 3. The first-order valence-electron chi connectivity index (χ1n) is 8.91. The van der Waals surface area contributed by atoms with Gasteiger partial charge >= 0.3 is 65.1 Å². The summed E-state index contributed by atoms with van der Waals surface area (Å²) in [5.74, 6) is -0.155. The molecule has 0 aromatic rings. The van der Waals surface area contributed by atoms with Gasteiger partial charge in [0.2, 0.25) is 5.91 Å². The summed E-state index contributed by atoms with van der Waals surface area (Å²) in [7, 11) is 0. The average Bonchev–Trinajstić information content (AvgIpc) is 2.54. The van der Waals surface area contributed by atoms with Gasteiger partial charge in [0, 0.05) is 32.5 Å². The number of carbonyl (C=O) groups excluding carboxylic acids is 2. The molecule has 0 aliphatic carbocycles. The van der Waals surface area contributed by atoms with Gasteiger partial charge in [0.25, 0.3) is 0 Å². The van der Waals surface area contributed by atoms with Gasteiger partial charge in [-0.15, -0.1) is 0 Å². The van der Waals surface area contributed by atoms with E-state index >= 15 is 0 Å².